The Labute approximate surface area is 244 Å². The number of aryl methyl sites for hydroxylation is 1. The van der Waals surface area contributed by atoms with Crippen molar-refractivity contribution in [2.45, 2.75) is 82.7 Å². The van der Waals surface area contributed by atoms with Crippen molar-refractivity contribution in [2.24, 2.45) is 5.41 Å². The number of amides is 1. The van der Waals surface area contributed by atoms with E-state index >= 15 is 0 Å². The quantitative estimate of drug-likeness (QED) is 0.331. The van der Waals surface area contributed by atoms with Crippen LogP contribution in [0.1, 0.15) is 56.2 Å². The largest absolute Gasteiger partial charge is 0.416 e. The van der Waals surface area contributed by atoms with Gasteiger partial charge in [-0.3, -0.25) is 9.48 Å². The first-order valence-electron chi connectivity index (χ1n) is 12.9. The molecule has 0 bridgehead atoms. The van der Waals surface area contributed by atoms with Gasteiger partial charge in [0.15, 0.2) is 5.69 Å². The molecule has 1 saturated carbocycles. The van der Waals surface area contributed by atoms with Crippen LogP contribution < -0.4 is 10.1 Å². The molecule has 2 aromatic rings. The van der Waals surface area contributed by atoms with E-state index in [9.17, 15) is 45.4 Å². The summed E-state index contributed by atoms with van der Waals surface area (Å²) in [5, 5.41) is 26.7. The van der Waals surface area contributed by atoms with Crippen LogP contribution in [0.15, 0.2) is 12.1 Å². The van der Waals surface area contributed by atoms with E-state index in [4.69, 9.17) is 11.6 Å². The molecule has 1 fully saturated rings. The van der Waals surface area contributed by atoms with Gasteiger partial charge in [0, 0.05) is 31.5 Å². The summed E-state index contributed by atoms with van der Waals surface area (Å²) >= 11 is 6.46. The Morgan fingerprint density at radius 1 is 1.31 bits per heavy atom. The number of aliphatic hydroxyl groups excluding tert-OH is 1. The molecule has 3 rings (SSSR count). The molecule has 0 aliphatic heterocycles. The molecule has 3 N–H and O–H groups in total. The standard InChI is InChI=1S/C25H32ClF5N4O6S/c1-5-35-19(15-7-6-13(33-21(15)41-22(27)28)11-23(2,3)25(29,30)31)17(26)18(34-35)20(37)32-12-24(38)9-8-14(10-16(24)36)42(4,39)40/h6-7,14,16,22,36,38H,5,8-12H2,1-4H3,(H,32,37)/t14-,16-,24-/m1/s1. The molecule has 236 valence electrons. The number of ether oxygens (including phenoxy) is 1. The second-order valence-electron chi connectivity index (χ2n) is 10.9. The van der Waals surface area contributed by atoms with Gasteiger partial charge in [0.25, 0.3) is 5.91 Å². The highest BCUT2D eigenvalue weighted by molar-refractivity contribution is 7.91. The zero-order valence-electron chi connectivity index (χ0n) is 23.2. The highest BCUT2D eigenvalue weighted by Gasteiger charge is 2.47. The van der Waals surface area contributed by atoms with Crippen LogP contribution in [0.4, 0.5) is 22.0 Å². The number of carbonyl (C=O) groups excluding carboxylic acids is 1. The second-order valence-corrected chi connectivity index (χ2v) is 13.7. The molecule has 2 heterocycles. The molecular weight excluding hydrogens is 615 g/mol. The maximum Gasteiger partial charge on any atom is 0.394 e. The summed E-state index contributed by atoms with van der Waals surface area (Å²) in [7, 11) is -3.45. The monoisotopic (exact) mass is 646 g/mol. The van der Waals surface area contributed by atoms with E-state index in [1.165, 1.54) is 16.8 Å². The summed E-state index contributed by atoms with van der Waals surface area (Å²) in [5.74, 6) is -1.61. The molecule has 0 unspecified atom stereocenters. The maximum atomic E-state index is 13.4. The van der Waals surface area contributed by atoms with Gasteiger partial charge < -0.3 is 20.3 Å². The molecule has 0 spiro atoms. The van der Waals surface area contributed by atoms with Gasteiger partial charge in [0.05, 0.1) is 33.0 Å². The Bertz CT molecular complexity index is 1420. The van der Waals surface area contributed by atoms with Crippen LogP contribution in [0, 0.1) is 5.41 Å². The lowest BCUT2D eigenvalue weighted by molar-refractivity contribution is -0.211. The van der Waals surface area contributed by atoms with Crippen LogP contribution in [0.3, 0.4) is 0 Å². The Balaban J connectivity index is 1.91. The number of alkyl halides is 5. The lowest BCUT2D eigenvalue weighted by Crippen LogP contribution is -2.56. The first kappa shape index (κ1) is 33.9. The molecular formula is C25H32ClF5N4O6S. The number of halogens is 6. The number of nitrogens with one attached hydrogen (secondary N) is 1. The van der Waals surface area contributed by atoms with Crippen molar-refractivity contribution in [1.82, 2.24) is 20.1 Å². The summed E-state index contributed by atoms with van der Waals surface area (Å²) in [4.78, 5) is 16.9. The third-order valence-electron chi connectivity index (χ3n) is 7.34. The van der Waals surface area contributed by atoms with E-state index in [1.54, 1.807) is 6.92 Å². The molecule has 42 heavy (non-hydrogen) atoms. The Morgan fingerprint density at radius 2 is 1.95 bits per heavy atom. The van der Waals surface area contributed by atoms with E-state index in [0.29, 0.717) is 0 Å². The van der Waals surface area contributed by atoms with Gasteiger partial charge in [-0.1, -0.05) is 25.4 Å². The Morgan fingerprint density at radius 3 is 2.48 bits per heavy atom. The fourth-order valence-electron chi connectivity index (χ4n) is 4.63. The molecule has 0 radical (unpaired) electrons. The average Bonchev–Trinajstić information content (AvgIpc) is 3.18. The van der Waals surface area contributed by atoms with Crippen LogP contribution in [0.5, 0.6) is 5.88 Å². The van der Waals surface area contributed by atoms with Gasteiger partial charge in [-0.05, 0) is 38.3 Å². The van der Waals surface area contributed by atoms with Crippen molar-refractivity contribution in [2.75, 3.05) is 12.8 Å². The minimum atomic E-state index is -4.60. The van der Waals surface area contributed by atoms with Crippen molar-refractivity contribution in [3.63, 3.8) is 0 Å². The lowest BCUT2D eigenvalue weighted by atomic mass is 9.82. The molecule has 2 aromatic heterocycles. The van der Waals surface area contributed by atoms with Crippen molar-refractivity contribution < 1.29 is 50.1 Å². The van der Waals surface area contributed by atoms with E-state index < -0.39 is 69.7 Å². The molecule has 17 heteroatoms. The van der Waals surface area contributed by atoms with E-state index in [1.807, 2.05) is 0 Å². The van der Waals surface area contributed by atoms with Crippen LogP contribution in [-0.2, 0) is 22.8 Å². The highest BCUT2D eigenvalue weighted by atomic mass is 35.5. The molecule has 3 atom stereocenters. The molecule has 0 aromatic carbocycles. The van der Waals surface area contributed by atoms with Crippen molar-refractivity contribution in [3.05, 3.63) is 28.5 Å². The van der Waals surface area contributed by atoms with Gasteiger partial charge in [0.2, 0.25) is 5.88 Å². The number of carbonyl (C=O) groups is 1. The SMILES string of the molecule is CCn1nc(C(=O)NC[C@]2(O)CC[C@@H](S(C)(=O)=O)C[C@H]2O)c(Cl)c1-c1ccc(CC(C)(C)C(F)(F)F)nc1OC(F)F. The number of nitrogens with zero attached hydrogens (tertiary/aromatic N) is 3. The zero-order valence-corrected chi connectivity index (χ0v) is 24.7. The number of aliphatic hydroxyl groups is 2. The number of hydrogen-bond acceptors (Lipinski definition) is 8. The van der Waals surface area contributed by atoms with Crippen LogP contribution in [0.2, 0.25) is 5.02 Å². The third kappa shape index (κ3) is 7.32. The van der Waals surface area contributed by atoms with E-state index in [0.717, 1.165) is 20.1 Å². The van der Waals surface area contributed by atoms with Gasteiger partial charge in [0.1, 0.15) is 15.4 Å². The predicted octanol–water partition coefficient (Wildman–Crippen LogP) is 3.77. The lowest BCUT2D eigenvalue weighted by Gasteiger charge is -2.39. The number of pyridine rings is 1. The number of aromatic nitrogens is 3. The van der Waals surface area contributed by atoms with Crippen LogP contribution >= 0.6 is 11.6 Å². The fraction of sp³-hybridized carbons (Fsp3) is 0.640. The smallest absolute Gasteiger partial charge is 0.394 e. The molecule has 1 aliphatic rings. The first-order valence-corrected chi connectivity index (χ1v) is 15.2. The first-order chi connectivity index (χ1) is 19.2. The van der Waals surface area contributed by atoms with Gasteiger partial charge in [-0.25, -0.2) is 13.4 Å². The van der Waals surface area contributed by atoms with E-state index in [-0.39, 0.29) is 53.5 Å². The highest BCUT2D eigenvalue weighted by Crippen LogP contribution is 2.42. The van der Waals surface area contributed by atoms with Gasteiger partial charge in [-0.2, -0.15) is 27.1 Å². The Kier molecular flexibility index (Phi) is 9.86. The molecule has 1 aliphatic carbocycles. The predicted molar refractivity (Wildman–Crippen MR) is 142 cm³/mol. The summed E-state index contributed by atoms with van der Waals surface area (Å²) in [6.07, 6.45) is -5.93. The van der Waals surface area contributed by atoms with Crippen molar-refractivity contribution >= 4 is 27.3 Å². The van der Waals surface area contributed by atoms with E-state index in [2.05, 4.69) is 20.1 Å². The summed E-state index contributed by atoms with van der Waals surface area (Å²) < 4.78 is 96.1. The topological polar surface area (TPSA) is 144 Å². The third-order valence-corrected chi connectivity index (χ3v) is 9.34. The summed E-state index contributed by atoms with van der Waals surface area (Å²) in [6, 6.07) is 2.40. The van der Waals surface area contributed by atoms with Crippen molar-refractivity contribution in [3.8, 4) is 17.1 Å². The maximum absolute atomic E-state index is 13.4. The van der Waals surface area contributed by atoms with Crippen LogP contribution in [-0.4, -0.2) is 81.8 Å². The summed E-state index contributed by atoms with van der Waals surface area (Å²) in [6.45, 7) is -0.288. The number of sulfone groups is 1. The zero-order chi connectivity index (χ0) is 31.8. The average molecular weight is 647 g/mol. The fourth-order valence-corrected chi connectivity index (χ4v) is 6.03. The van der Waals surface area contributed by atoms with Gasteiger partial charge in [-0.15, -0.1) is 0 Å². The minimum absolute atomic E-state index is 0.0632. The summed E-state index contributed by atoms with van der Waals surface area (Å²) in [5.41, 5.74) is -4.83. The van der Waals surface area contributed by atoms with Crippen LogP contribution in [0.25, 0.3) is 11.3 Å². The normalized spacial score (nSPS) is 21.9. The Hall–Kier alpha value is -2.56. The van der Waals surface area contributed by atoms with Gasteiger partial charge >= 0.3 is 12.8 Å². The molecule has 0 saturated heterocycles. The molecule has 10 nitrogen and oxygen atoms in total. The van der Waals surface area contributed by atoms with Crippen molar-refractivity contribution in [1.29, 1.82) is 0 Å². The second kappa shape index (κ2) is 12.2. The molecule has 1 amide bonds. The number of rotatable bonds is 10. The number of hydrogen-bond donors (Lipinski definition) is 3. The minimum Gasteiger partial charge on any atom is -0.416 e.